The van der Waals surface area contributed by atoms with Gasteiger partial charge >= 0.3 is 11.9 Å². The van der Waals surface area contributed by atoms with Crippen molar-refractivity contribution in [3.63, 3.8) is 0 Å². The lowest BCUT2D eigenvalue weighted by Crippen LogP contribution is -1.97. The molecule has 0 aromatic carbocycles. The van der Waals surface area contributed by atoms with Crippen LogP contribution in [-0.4, -0.2) is 26.2 Å². The third kappa shape index (κ3) is 7.09. The number of allylic oxidation sites excluding steroid dienone is 3. The van der Waals surface area contributed by atoms with Crippen LogP contribution in [0, 0.1) is 0 Å². The maximum absolute atomic E-state index is 10.7. The Hall–Kier alpha value is -1.58. The lowest BCUT2D eigenvalue weighted by molar-refractivity contribution is -0.140. The molecule has 0 spiro atoms. The van der Waals surface area contributed by atoms with Crippen LogP contribution < -0.4 is 0 Å². The first-order chi connectivity index (χ1) is 6.70. The monoisotopic (exact) mass is 198 g/mol. The van der Waals surface area contributed by atoms with Crippen LogP contribution in [0.3, 0.4) is 0 Å². The minimum atomic E-state index is -0.400. The SMILES string of the molecule is COC(=O)/C=C/C=C/CCC(=O)OC. The largest absolute Gasteiger partial charge is 0.469 e. The van der Waals surface area contributed by atoms with E-state index in [4.69, 9.17) is 0 Å². The number of esters is 2. The highest BCUT2D eigenvalue weighted by atomic mass is 16.5. The second-order valence-electron chi connectivity index (χ2n) is 2.43. The molecule has 0 aliphatic rings. The second kappa shape index (κ2) is 8.04. The van der Waals surface area contributed by atoms with E-state index < -0.39 is 5.97 Å². The molecule has 0 amide bonds. The van der Waals surface area contributed by atoms with Crippen molar-refractivity contribution in [1.82, 2.24) is 0 Å². The molecule has 14 heavy (non-hydrogen) atoms. The van der Waals surface area contributed by atoms with E-state index in [1.807, 2.05) is 0 Å². The van der Waals surface area contributed by atoms with Crippen LogP contribution in [0.25, 0.3) is 0 Å². The van der Waals surface area contributed by atoms with Crippen LogP contribution in [0.5, 0.6) is 0 Å². The fraction of sp³-hybridized carbons (Fsp3) is 0.400. The molecule has 0 bridgehead atoms. The standard InChI is InChI=1S/C10H14O4/c1-13-9(11)7-5-3-4-6-8-10(12)14-2/h3-5,7H,6,8H2,1-2H3/b4-3+,7-5+. The van der Waals surface area contributed by atoms with E-state index in [1.54, 1.807) is 18.2 Å². The predicted molar refractivity (Wildman–Crippen MR) is 51.5 cm³/mol. The average Bonchev–Trinajstić information content (AvgIpc) is 2.22. The zero-order valence-corrected chi connectivity index (χ0v) is 8.36. The van der Waals surface area contributed by atoms with Gasteiger partial charge in [-0.05, 0) is 6.42 Å². The summed E-state index contributed by atoms with van der Waals surface area (Å²) in [4.78, 5) is 21.2. The molecule has 0 N–H and O–H groups in total. The summed E-state index contributed by atoms with van der Waals surface area (Å²) in [6, 6.07) is 0. The number of hydrogen-bond donors (Lipinski definition) is 0. The molecular weight excluding hydrogens is 184 g/mol. The Labute approximate surface area is 83.2 Å². The topological polar surface area (TPSA) is 52.6 Å². The number of carbonyl (C=O) groups is 2. The molecule has 0 rings (SSSR count). The first-order valence-corrected chi connectivity index (χ1v) is 4.18. The van der Waals surface area contributed by atoms with Crippen molar-refractivity contribution in [3.05, 3.63) is 24.3 Å². The summed E-state index contributed by atoms with van der Waals surface area (Å²) < 4.78 is 8.83. The Kier molecular flexibility index (Phi) is 7.13. The highest BCUT2D eigenvalue weighted by molar-refractivity contribution is 5.82. The van der Waals surface area contributed by atoms with Gasteiger partial charge in [0.25, 0.3) is 0 Å². The molecule has 0 unspecified atom stereocenters. The van der Waals surface area contributed by atoms with Gasteiger partial charge in [-0.2, -0.15) is 0 Å². The molecule has 0 aliphatic carbocycles. The smallest absolute Gasteiger partial charge is 0.330 e. The van der Waals surface area contributed by atoms with Crippen molar-refractivity contribution in [3.8, 4) is 0 Å². The zero-order valence-electron chi connectivity index (χ0n) is 8.36. The van der Waals surface area contributed by atoms with Gasteiger partial charge < -0.3 is 9.47 Å². The number of carbonyl (C=O) groups excluding carboxylic acids is 2. The van der Waals surface area contributed by atoms with Crippen LogP contribution >= 0.6 is 0 Å². The van der Waals surface area contributed by atoms with Gasteiger partial charge in [-0.25, -0.2) is 4.79 Å². The molecular formula is C10H14O4. The molecule has 78 valence electrons. The molecule has 0 saturated heterocycles. The maximum atomic E-state index is 10.7. The summed E-state index contributed by atoms with van der Waals surface area (Å²) in [6.45, 7) is 0. The lowest BCUT2D eigenvalue weighted by Gasteiger charge is -1.92. The number of ether oxygens (including phenoxy) is 2. The third-order valence-corrected chi connectivity index (χ3v) is 1.42. The highest BCUT2D eigenvalue weighted by Gasteiger charge is 1.95. The van der Waals surface area contributed by atoms with Crippen molar-refractivity contribution in [2.24, 2.45) is 0 Å². The van der Waals surface area contributed by atoms with Gasteiger partial charge in [-0.1, -0.05) is 18.2 Å². The van der Waals surface area contributed by atoms with Crippen molar-refractivity contribution in [2.45, 2.75) is 12.8 Å². The molecule has 0 aromatic rings. The Bertz CT molecular complexity index is 241. The van der Waals surface area contributed by atoms with E-state index in [0.29, 0.717) is 12.8 Å². The number of methoxy groups -OCH3 is 2. The van der Waals surface area contributed by atoms with Gasteiger partial charge in [0.1, 0.15) is 0 Å². The summed E-state index contributed by atoms with van der Waals surface area (Å²) in [5, 5.41) is 0. The Morgan fingerprint density at radius 3 is 2.43 bits per heavy atom. The molecule has 4 nitrogen and oxygen atoms in total. The first kappa shape index (κ1) is 12.4. The quantitative estimate of drug-likeness (QED) is 0.378. The summed E-state index contributed by atoms with van der Waals surface area (Å²) >= 11 is 0. The highest BCUT2D eigenvalue weighted by Crippen LogP contribution is 1.93. The molecule has 0 aliphatic heterocycles. The van der Waals surface area contributed by atoms with E-state index in [1.165, 1.54) is 20.3 Å². The molecule has 0 radical (unpaired) electrons. The Morgan fingerprint density at radius 2 is 1.86 bits per heavy atom. The van der Waals surface area contributed by atoms with Crippen molar-refractivity contribution in [2.75, 3.05) is 14.2 Å². The minimum absolute atomic E-state index is 0.244. The lowest BCUT2D eigenvalue weighted by atomic mass is 10.3. The molecule has 0 saturated carbocycles. The normalized spacial score (nSPS) is 10.7. The van der Waals surface area contributed by atoms with E-state index in [0.717, 1.165) is 0 Å². The van der Waals surface area contributed by atoms with Gasteiger partial charge in [0, 0.05) is 12.5 Å². The summed E-state index contributed by atoms with van der Waals surface area (Å²) in [6.07, 6.45) is 7.26. The van der Waals surface area contributed by atoms with Gasteiger partial charge in [-0.15, -0.1) is 0 Å². The zero-order chi connectivity index (χ0) is 10.8. The predicted octanol–water partition coefficient (Wildman–Crippen LogP) is 1.22. The van der Waals surface area contributed by atoms with Crippen LogP contribution in [0.15, 0.2) is 24.3 Å². The fourth-order valence-corrected chi connectivity index (χ4v) is 0.680. The van der Waals surface area contributed by atoms with Crippen LogP contribution in [0.2, 0.25) is 0 Å². The van der Waals surface area contributed by atoms with E-state index >= 15 is 0 Å². The molecule has 0 atom stereocenters. The number of hydrogen-bond acceptors (Lipinski definition) is 4. The van der Waals surface area contributed by atoms with E-state index in [9.17, 15) is 9.59 Å². The van der Waals surface area contributed by atoms with Crippen LogP contribution in [0.1, 0.15) is 12.8 Å². The average molecular weight is 198 g/mol. The summed E-state index contributed by atoms with van der Waals surface area (Å²) in [5.41, 5.74) is 0. The van der Waals surface area contributed by atoms with Crippen molar-refractivity contribution in [1.29, 1.82) is 0 Å². The van der Waals surface area contributed by atoms with Gasteiger partial charge in [-0.3, -0.25) is 4.79 Å². The Balaban J connectivity index is 3.59. The van der Waals surface area contributed by atoms with Crippen molar-refractivity contribution < 1.29 is 19.1 Å². The molecule has 4 heteroatoms. The first-order valence-electron chi connectivity index (χ1n) is 4.18. The number of rotatable bonds is 5. The summed E-state index contributed by atoms with van der Waals surface area (Å²) in [7, 11) is 2.66. The second-order valence-corrected chi connectivity index (χ2v) is 2.43. The third-order valence-electron chi connectivity index (χ3n) is 1.42. The molecule has 0 heterocycles. The van der Waals surface area contributed by atoms with E-state index in [-0.39, 0.29) is 5.97 Å². The molecule has 0 fully saturated rings. The Morgan fingerprint density at radius 1 is 1.14 bits per heavy atom. The molecule has 0 aromatic heterocycles. The fourth-order valence-electron chi connectivity index (χ4n) is 0.680. The van der Waals surface area contributed by atoms with Gasteiger partial charge in [0.05, 0.1) is 14.2 Å². The van der Waals surface area contributed by atoms with E-state index in [2.05, 4.69) is 9.47 Å². The van der Waals surface area contributed by atoms with Gasteiger partial charge in [0.15, 0.2) is 0 Å². The van der Waals surface area contributed by atoms with Crippen molar-refractivity contribution >= 4 is 11.9 Å². The maximum Gasteiger partial charge on any atom is 0.330 e. The van der Waals surface area contributed by atoms with Crippen LogP contribution in [-0.2, 0) is 19.1 Å². The summed E-state index contributed by atoms with van der Waals surface area (Å²) in [5.74, 6) is -0.644. The van der Waals surface area contributed by atoms with Gasteiger partial charge in [0.2, 0.25) is 0 Å². The minimum Gasteiger partial charge on any atom is -0.469 e. The van der Waals surface area contributed by atoms with Crippen LogP contribution in [0.4, 0.5) is 0 Å².